The minimum Gasteiger partial charge on any atom is -0.316 e. The fraction of sp³-hybridized carbons (Fsp3) is 1.00. The molecule has 2 heteroatoms. The molecule has 0 radical (unpaired) electrons. The quantitative estimate of drug-likeness (QED) is 0.576. The van der Waals surface area contributed by atoms with Crippen LogP contribution in [-0.2, 0) is 0 Å². The van der Waals surface area contributed by atoms with Gasteiger partial charge in [0.2, 0.25) is 0 Å². The van der Waals surface area contributed by atoms with Gasteiger partial charge in [0, 0.05) is 12.1 Å². The molecule has 2 N–H and O–H groups in total. The van der Waals surface area contributed by atoms with Crippen LogP contribution in [0.4, 0.5) is 0 Å². The van der Waals surface area contributed by atoms with E-state index in [1.54, 1.807) is 0 Å². The van der Waals surface area contributed by atoms with Gasteiger partial charge in [0.1, 0.15) is 0 Å². The topological polar surface area (TPSA) is 29.3 Å². The highest BCUT2D eigenvalue weighted by Gasteiger charge is 2.28. The number of likely N-dealkylation sites (tertiary alicyclic amines) is 1. The molecule has 0 saturated carbocycles. The standard InChI is InChI=1S/C9H20N2/c1-9(2,3)11-7-5-4-6-8(11)10/h8H,4-7,10H2,1-3H3. The van der Waals surface area contributed by atoms with E-state index in [0.717, 1.165) is 6.42 Å². The van der Waals surface area contributed by atoms with E-state index in [-0.39, 0.29) is 5.54 Å². The van der Waals surface area contributed by atoms with E-state index in [9.17, 15) is 0 Å². The summed E-state index contributed by atoms with van der Waals surface area (Å²) in [5, 5.41) is 0. The van der Waals surface area contributed by atoms with Crippen LogP contribution in [-0.4, -0.2) is 23.1 Å². The molecule has 1 atom stereocenters. The SMILES string of the molecule is CC(C)(C)N1CCCCC1N. The molecule has 66 valence electrons. The van der Waals surface area contributed by atoms with Gasteiger partial charge < -0.3 is 5.73 Å². The molecule has 0 bridgehead atoms. The van der Waals surface area contributed by atoms with E-state index in [0.29, 0.717) is 6.17 Å². The Morgan fingerprint density at radius 3 is 2.27 bits per heavy atom. The third-order valence-electron chi connectivity index (χ3n) is 2.41. The van der Waals surface area contributed by atoms with Gasteiger partial charge in [-0.05, 0) is 40.0 Å². The number of nitrogens with zero attached hydrogens (tertiary/aromatic N) is 1. The Morgan fingerprint density at radius 2 is 1.91 bits per heavy atom. The summed E-state index contributed by atoms with van der Waals surface area (Å²) >= 11 is 0. The lowest BCUT2D eigenvalue weighted by Crippen LogP contribution is -2.54. The monoisotopic (exact) mass is 156 g/mol. The molecule has 1 aliphatic heterocycles. The first-order valence-corrected chi connectivity index (χ1v) is 4.54. The summed E-state index contributed by atoms with van der Waals surface area (Å²) < 4.78 is 0. The van der Waals surface area contributed by atoms with E-state index in [1.165, 1.54) is 19.4 Å². The number of hydrogen-bond donors (Lipinski definition) is 1. The van der Waals surface area contributed by atoms with Gasteiger partial charge in [-0.1, -0.05) is 0 Å². The van der Waals surface area contributed by atoms with Crippen molar-refractivity contribution in [1.29, 1.82) is 0 Å². The summed E-state index contributed by atoms with van der Waals surface area (Å²) in [6.07, 6.45) is 4.07. The minimum absolute atomic E-state index is 0.250. The van der Waals surface area contributed by atoms with E-state index >= 15 is 0 Å². The average Bonchev–Trinajstić information content (AvgIpc) is 1.86. The Bertz CT molecular complexity index is 126. The van der Waals surface area contributed by atoms with Crippen molar-refractivity contribution in [1.82, 2.24) is 4.90 Å². The van der Waals surface area contributed by atoms with Crippen molar-refractivity contribution in [3.05, 3.63) is 0 Å². The predicted octanol–water partition coefficient (Wildman–Crippen LogP) is 1.56. The molecule has 0 aromatic heterocycles. The maximum atomic E-state index is 5.99. The van der Waals surface area contributed by atoms with Crippen LogP contribution >= 0.6 is 0 Å². The molecule has 1 aliphatic rings. The fourth-order valence-corrected chi connectivity index (χ4v) is 1.79. The van der Waals surface area contributed by atoms with E-state index in [2.05, 4.69) is 25.7 Å². The highest BCUT2D eigenvalue weighted by atomic mass is 15.3. The Balaban J connectivity index is 2.55. The van der Waals surface area contributed by atoms with Gasteiger partial charge >= 0.3 is 0 Å². The Hall–Kier alpha value is -0.0800. The molecular formula is C9H20N2. The van der Waals surface area contributed by atoms with Gasteiger partial charge in [0.15, 0.2) is 0 Å². The third-order valence-corrected chi connectivity index (χ3v) is 2.41. The van der Waals surface area contributed by atoms with Crippen LogP contribution in [0.25, 0.3) is 0 Å². The molecule has 0 aromatic rings. The van der Waals surface area contributed by atoms with Gasteiger partial charge in [-0.2, -0.15) is 0 Å². The summed E-state index contributed by atoms with van der Waals surface area (Å²) in [7, 11) is 0. The highest BCUT2D eigenvalue weighted by Crippen LogP contribution is 2.22. The summed E-state index contributed by atoms with van der Waals surface area (Å²) in [5.74, 6) is 0. The van der Waals surface area contributed by atoms with Crippen LogP contribution in [0.2, 0.25) is 0 Å². The van der Waals surface area contributed by atoms with Crippen LogP contribution < -0.4 is 5.73 Å². The minimum atomic E-state index is 0.250. The van der Waals surface area contributed by atoms with E-state index in [4.69, 9.17) is 5.73 Å². The van der Waals surface area contributed by atoms with Crippen LogP contribution in [0.15, 0.2) is 0 Å². The second kappa shape index (κ2) is 3.11. The highest BCUT2D eigenvalue weighted by molar-refractivity contribution is 4.82. The molecule has 2 nitrogen and oxygen atoms in total. The number of rotatable bonds is 0. The van der Waals surface area contributed by atoms with Crippen LogP contribution in [0.1, 0.15) is 40.0 Å². The van der Waals surface area contributed by atoms with Gasteiger partial charge in [-0.25, -0.2) is 0 Å². The van der Waals surface area contributed by atoms with Crippen molar-refractivity contribution in [2.75, 3.05) is 6.54 Å². The Labute approximate surface area is 69.8 Å². The largest absolute Gasteiger partial charge is 0.316 e. The molecule has 0 spiro atoms. The van der Waals surface area contributed by atoms with E-state index < -0.39 is 0 Å². The molecule has 1 heterocycles. The second-order valence-electron chi connectivity index (χ2n) is 4.43. The van der Waals surface area contributed by atoms with Crippen LogP contribution in [0, 0.1) is 0 Å². The molecule has 1 fully saturated rings. The molecule has 11 heavy (non-hydrogen) atoms. The Kier molecular flexibility index (Phi) is 2.55. The van der Waals surface area contributed by atoms with Gasteiger partial charge in [-0.3, -0.25) is 4.90 Å². The third kappa shape index (κ3) is 2.17. The normalized spacial score (nSPS) is 28.9. The van der Waals surface area contributed by atoms with Crippen molar-refractivity contribution in [2.24, 2.45) is 5.73 Å². The average molecular weight is 156 g/mol. The van der Waals surface area contributed by atoms with Crippen LogP contribution in [0.5, 0.6) is 0 Å². The smallest absolute Gasteiger partial charge is 0.0576 e. The van der Waals surface area contributed by atoms with Crippen molar-refractivity contribution >= 4 is 0 Å². The maximum absolute atomic E-state index is 5.99. The summed E-state index contributed by atoms with van der Waals surface area (Å²) in [5.41, 5.74) is 6.24. The summed E-state index contributed by atoms with van der Waals surface area (Å²) in [6, 6.07) is 0. The van der Waals surface area contributed by atoms with Crippen molar-refractivity contribution in [3.63, 3.8) is 0 Å². The zero-order valence-electron chi connectivity index (χ0n) is 7.93. The van der Waals surface area contributed by atoms with Gasteiger partial charge in [0.05, 0.1) is 6.17 Å². The zero-order chi connectivity index (χ0) is 8.48. The Morgan fingerprint density at radius 1 is 1.27 bits per heavy atom. The lowest BCUT2D eigenvalue weighted by molar-refractivity contribution is 0.0549. The van der Waals surface area contributed by atoms with E-state index in [1.807, 2.05) is 0 Å². The lowest BCUT2D eigenvalue weighted by Gasteiger charge is -2.42. The van der Waals surface area contributed by atoms with Gasteiger partial charge in [-0.15, -0.1) is 0 Å². The number of nitrogens with two attached hydrogens (primary N) is 1. The van der Waals surface area contributed by atoms with Crippen LogP contribution in [0.3, 0.4) is 0 Å². The molecule has 0 aliphatic carbocycles. The molecule has 1 rings (SSSR count). The molecule has 1 saturated heterocycles. The molecule has 1 unspecified atom stereocenters. The lowest BCUT2D eigenvalue weighted by atomic mass is 9.99. The summed E-state index contributed by atoms with van der Waals surface area (Å²) in [4.78, 5) is 2.40. The first kappa shape index (κ1) is 9.01. The number of hydrogen-bond acceptors (Lipinski definition) is 2. The molecule has 0 amide bonds. The first-order chi connectivity index (χ1) is 5.02. The predicted molar refractivity (Wildman–Crippen MR) is 48.3 cm³/mol. The molecular weight excluding hydrogens is 136 g/mol. The number of piperidine rings is 1. The second-order valence-corrected chi connectivity index (χ2v) is 4.43. The fourth-order valence-electron chi connectivity index (χ4n) is 1.79. The van der Waals surface area contributed by atoms with Crippen molar-refractivity contribution in [2.45, 2.75) is 51.7 Å². The zero-order valence-corrected chi connectivity index (χ0v) is 7.93. The summed E-state index contributed by atoms with van der Waals surface area (Å²) in [6.45, 7) is 7.87. The maximum Gasteiger partial charge on any atom is 0.0576 e. The first-order valence-electron chi connectivity index (χ1n) is 4.54. The van der Waals surface area contributed by atoms with Crippen molar-refractivity contribution < 1.29 is 0 Å². The van der Waals surface area contributed by atoms with Gasteiger partial charge in [0.25, 0.3) is 0 Å². The van der Waals surface area contributed by atoms with Crippen molar-refractivity contribution in [3.8, 4) is 0 Å². The molecule has 0 aromatic carbocycles.